The number of hydrogen-bond acceptors (Lipinski definition) is 8. The van der Waals surface area contributed by atoms with E-state index in [0.717, 1.165) is 19.3 Å². The van der Waals surface area contributed by atoms with E-state index < -0.39 is 12.0 Å². The molecular formula is C25H35N5O5. The quantitative estimate of drug-likeness (QED) is 0.274. The average molecular weight is 486 g/mol. The van der Waals surface area contributed by atoms with Crippen molar-refractivity contribution in [1.82, 2.24) is 15.5 Å². The van der Waals surface area contributed by atoms with E-state index >= 15 is 0 Å². The van der Waals surface area contributed by atoms with Crippen LogP contribution in [0.25, 0.3) is 0 Å². The van der Waals surface area contributed by atoms with E-state index in [9.17, 15) is 14.7 Å². The fourth-order valence-electron chi connectivity index (χ4n) is 4.84. The number of carbonyl (C=O) groups is 2. The van der Waals surface area contributed by atoms with Gasteiger partial charge >= 0.3 is 0 Å². The van der Waals surface area contributed by atoms with E-state index in [1.54, 1.807) is 24.0 Å². The van der Waals surface area contributed by atoms with Crippen LogP contribution in [-0.4, -0.2) is 67.4 Å². The Bertz CT molecular complexity index is 1000. The van der Waals surface area contributed by atoms with Crippen LogP contribution in [0.15, 0.2) is 36.2 Å². The molecule has 6 N–H and O–H groups in total. The van der Waals surface area contributed by atoms with Gasteiger partial charge in [0.15, 0.2) is 0 Å². The maximum Gasteiger partial charge on any atom is 0.254 e. The molecule has 190 valence electrons. The Morgan fingerprint density at radius 2 is 1.83 bits per heavy atom. The number of nitrogens with zero attached hydrogens (tertiary/aromatic N) is 1. The first-order chi connectivity index (χ1) is 16.7. The van der Waals surface area contributed by atoms with Crippen molar-refractivity contribution in [3.63, 3.8) is 0 Å². The number of nitrogens with two attached hydrogens (primary N) is 1. The highest BCUT2D eigenvalue weighted by Gasteiger charge is 2.32. The van der Waals surface area contributed by atoms with Crippen LogP contribution in [0.4, 0.5) is 0 Å². The third-order valence-corrected chi connectivity index (χ3v) is 6.68. The number of likely N-dealkylation sites (tertiary alicyclic amines) is 1. The number of primary amides is 1. The third-order valence-electron chi connectivity index (χ3n) is 6.68. The minimum Gasteiger partial charge on any atom is -0.496 e. The summed E-state index contributed by atoms with van der Waals surface area (Å²) in [7, 11) is 2.93. The topological polar surface area (TPSA) is 150 Å². The molecule has 10 heteroatoms. The SMILES string of the molecule is C=CC(=O)N1CCC(C2CCN/C(=C(/C(=N)c3cc(OC)c(C(C)O)c(OC)c3)C(N)=O)N2)CC1. The molecule has 2 heterocycles. The predicted octanol–water partition coefficient (Wildman–Crippen LogP) is 1.20. The van der Waals surface area contributed by atoms with E-state index in [0.29, 0.717) is 54.0 Å². The number of ether oxygens (including phenoxy) is 2. The molecule has 3 rings (SSSR count). The number of benzene rings is 1. The predicted molar refractivity (Wildman–Crippen MR) is 132 cm³/mol. The second-order valence-corrected chi connectivity index (χ2v) is 8.79. The van der Waals surface area contributed by atoms with Gasteiger partial charge in [-0.1, -0.05) is 6.58 Å². The van der Waals surface area contributed by atoms with Gasteiger partial charge < -0.3 is 35.8 Å². The van der Waals surface area contributed by atoms with Crippen molar-refractivity contribution in [2.45, 2.75) is 38.3 Å². The van der Waals surface area contributed by atoms with Crippen LogP contribution in [0.5, 0.6) is 11.5 Å². The summed E-state index contributed by atoms with van der Waals surface area (Å²) in [6, 6.07) is 3.25. The summed E-state index contributed by atoms with van der Waals surface area (Å²) in [4.78, 5) is 26.2. The number of nitrogens with one attached hydrogen (secondary N) is 3. The Balaban J connectivity index is 1.88. The van der Waals surface area contributed by atoms with Crippen molar-refractivity contribution in [2.75, 3.05) is 33.9 Å². The van der Waals surface area contributed by atoms with Crippen molar-refractivity contribution >= 4 is 17.5 Å². The van der Waals surface area contributed by atoms with Gasteiger partial charge in [0.25, 0.3) is 5.91 Å². The number of methoxy groups -OCH3 is 2. The highest BCUT2D eigenvalue weighted by molar-refractivity contribution is 6.27. The van der Waals surface area contributed by atoms with Crippen LogP contribution in [0, 0.1) is 11.3 Å². The van der Waals surface area contributed by atoms with E-state index in [-0.39, 0.29) is 23.2 Å². The summed E-state index contributed by atoms with van der Waals surface area (Å²) in [6.07, 6.45) is 3.00. The molecule has 0 saturated carbocycles. The van der Waals surface area contributed by atoms with Crippen molar-refractivity contribution in [3.8, 4) is 11.5 Å². The molecule has 0 aliphatic carbocycles. The molecule has 2 amide bonds. The molecule has 35 heavy (non-hydrogen) atoms. The van der Waals surface area contributed by atoms with Crippen LogP contribution < -0.4 is 25.8 Å². The largest absolute Gasteiger partial charge is 0.496 e. The summed E-state index contributed by atoms with van der Waals surface area (Å²) < 4.78 is 10.8. The zero-order chi connectivity index (χ0) is 25.7. The first kappa shape index (κ1) is 26.1. The fraction of sp³-hybridized carbons (Fsp3) is 0.480. The maximum absolute atomic E-state index is 12.5. The lowest BCUT2D eigenvalue weighted by atomic mass is 9.86. The van der Waals surface area contributed by atoms with Gasteiger partial charge in [-0.2, -0.15) is 0 Å². The summed E-state index contributed by atoms with van der Waals surface area (Å²) in [5, 5.41) is 25.6. The Morgan fingerprint density at radius 3 is 2.31 bits per heavy atom. The second-order valence-electron chi connectivity index (χ2n) is 8.79. The van der Waals surface area contributed by atoms with Gasteiger partial charge in [0.1, 0.15) is 22.9 Å². The van der Waals surface area contributed by atoms with Gasteiger partial charge in [0.2, 0.25) is 5.91 Å². The molecule has 0 bridgehead atoms. The van der Waals surface area contributed by atoms with E-state index in [4.69, 9.17) is 20.6 Å². The van der Waals surface area contributed by atoms with Crippen molar-refractivity contribution in [1.29, 1.82) is 5.41 Å². The molecule has 2 unspecified atom stereocenters. The van der Waals surface area contributed by atoms with Gasteiger partial charge in [-0.15, -0.1) is 0 Å². The van der Waals surface area contributed by atoms with E-state index in [2.05, 4.69) is 17.2 Å². The molecular weight excluding hydrogens is 450 g/mol. The standard InChI is InChI=1S/C25H35N5O5/c1-5-20(32)30-10-7-15(8-11-30)17-6-9-28-25(29-17)22(24(27)33)23(26)16-12-18(34-3)21(14(2)31)19(13-16)35-4/h5,12-15,17,26,28-29,31H,1,6-11H2,2-4H3,(H2,27,33)/b25-22+,26-23?. The van der Waals surface area contributed by atoms with Crippen molar-refractivity contribution in [2.24, 2.45) is 11.7 Å². The average Bonchev–Trinajstić information content (AvgIpc) is 2.87. The van der Waals surface area contributed by atoms with Gasteiger partial charge in [0.05, 0.1) is 31.6 Å². The van der Waals surface area contributed by atoms with Gasteiger partial charge in [-0.3, -0.25) is 15.0 Å². The molecule has 2 saturated heterocycles. The number of rotatable bonds is 8. The summed E-state index contributed by atoms with van der Waals surface area (Å²) in [5.74, 6) is 0.622. The van der Waals surface area contributed by atoms with Gasteiger partial charge in [-0.25, -0.2) is 0 Å². The lowest BCUT2D eigenvalue weighted by Gasteiger charge is -2.39. The molecule has 0 spiro atoms. The Labute approximate surface area is 205 Å². The fourth-order valence-corrected chi connectivity index (χ4v) is 4.84. The Morgan fingerprint density at radius 1 is 1.23 bits per heavy atom. The lowest BCUT2D eigenvalue weighted by molar-refractivity contribution is -0.127. The Kier molecular flexibility index (Phi) is 8.39. The highest BCUT2D eigenvalue weighted by Crippen LogP contribution is 2.36. The van der Waals surface area contributed by atoms with Crippen molar-refractivity contribution in [3.05, 3.63) is 47.3 Å². The number of carbonyl (C=O) groups excluding carboxylic acids is 2. The zero-order valence-corrected chi connectivity index (χ0v) is 20.5. The number of aliphatic hydroxyl groups excluding tert-OH is 1. The lowest BCUT2D eigenvalue weighted by Crippen LogP contribution is -2.51. The molecule has 2 aliphatic heterocycles. The van der Waals surface area contributed by atoms with Crippen LogP contribution in [0.3, 0.4) is 0 Å². The number of aliphatic hydroxyl groups is 1. The molecule has 1 aromatic rings. The molecule has 10 nitrogen and oxygen atoms in total. The number of amides is 2. The minimum atomic E-state index is -0.854. The second kappa shape index (κ2) is 11.3. The van der Waals surface area contributed by atoms with Crippen LogP contribution in [0.2, 0.25) is 0 Å². The van der Waals surface area contributed by atoms with E-state index in [1.165, 1.54) is 20.3 Å². The smallest absolute Gasteiger partial charge is 0.254 e. The first-order valence-corrected chi connectivity index (χ1v) is 11.7. The van der Waals surface area contributed by atoms with Gasteiger partial charge in [0, 0.05) is 31.2 Å². The van der Waals surface area contributed by atoms with Gasteiger partial charge in [-0.05, 0) is 50.3 Å². The normalized spacial score (nSPS) is 20.7. The maximum atomic E-state index is 12.5. The summed E-state index contributed by atoms with van der Waals surface area (Å²) in [6.45, 7) is 7.09. The summed E-state index contributed by atoms with van der Waals surface area (Å²) in [5.41, 5.74) is 6.50. The molecule has 2 atom stereocenters. The van der Waals surface area contributed by atoms with Crippen LogP contribution >= 0.6 is 0 Å². The van der Waals surface area contributed by atoms with Crippen LogP contribution in [-0.2, 0) is 9.59 Å². The number of hydrogen-bond donors (Lipinski definition) is 5. The zero-order valence-electron chi connectivity index (χ0n) is 20.5. The molecule has 2 fully saturated rings. The number of piperidine rings is 1. The molecule has 0 aromatic heterocycles. The van der Waals surface area contributed by atoms with Crippen molar-refractivity contribution < 1.29 is 24.2 Å². The minimum absolute atomic E-state index is 0.0304. The monoisotopic (exact) mass is 485 g/mol. The summed E-state index contributed by atoms with van der Waals surface area (Å²) >= 11 is 0. The van der Waals surface area contributed by atoms with E-state index in [1.807, 2.05) is 0 Å². The molecule has 2 aliphatic rings. The van der Waals surface area contributed by atoms with Crippen LogP contribution in [0.1, 0.15) is 43.4 Å². The highest BCUT2D eigenvalue weighted by atomic mass is 16.5. The Hall–Kier alpha value is -3.53. The first-order valence-electron chi connectivity index (χ1n) is 11.7. The third kappa shape index (κ3) is 5.59. The molecule has 0 radical (unpaired) electrons. The molecule has 1 aromatic carbocycles.